The number of furan rings is 1. The number of phenols is 1. The van der Waals surface area contributed by atoms with Gasteiger partial charge in [-0.05, 0) is 78.4 Å². The first-order valence-electron chi connectivity index (χ1n) is 10.1. The van der Waals surface area contributed by atoms with E-state index in [-0.39, 0.29) is 18.2 Å². The molecule has 1 aliphatic heterocycles. The van der Waals surface area contributed by atoms with Crippen LogP contribution in [0.2, 0.25) is 0 Å². The number of phenolic OH excluding ortho intramolecular Hbond substituents is 1. The Bertz CT molecular complexity index is 1240. The fraction of sp³-hybridized carbons (Fsp3) is 0.125. The molecule has 2 aromatic carbocycles. The second kappa shape index (κ2) is 10.5. The number of amidine groups is 1. The fourth-order valence-corrected chi connectivity index (χ4v) is 4.41. The van der Waals surface area contributed by atoms with Gasteiger partial charge in [-0.25, -0.2) is 0 Å². The molecular weight excluding hydrogens is 506 g/mol. The van der Waals surface area contributed by atoms with E-state index in [1.165, 1.54) is 22.7 Å². The van der Waals surface area contributed by atoms with E-state index in [2.05, 4.69) is 26.1 Å². The zero-order valence-corrected chi connectivity index (χ0v) is 20.0. The maximum atomic E-state index is 13.1. The quantitative estimate of drug-likeness (QED) is 0.244. The Morgan fingerprint density at radius 1 is 1.18 bits per heavy atom. The molecule has 4 rings (SSSR count). The van der Waals surface area contributed by atoms with Crippen LogP contribution in [0.1, 0.15) is 23.8 Å². The summed E-state index contributed by atoms with van der Waals surface area (Å²) in [6.45, 7) is 2.52. The maximum absolute atomic E-state index is 13.1. The molecule has 1 N–H and O–H groups in total. The number of amides is 1. The molecule has 0 radical (unpaired) electrons. The van der Waals surface area contributed by atoms with Crippen molar-refractivity contribution in [2.24, 2.45) is 10.2 Å². The van der Waals surface area contributed by atoms with Gasteiger partial charge in [0, 0.05) is 4.47 Å². The Labute approximate surface area is 203 Å². The summed E-state index contributed by atoms with van der Waals surface area (Å²) in [5, 5.41) is 18.8. The number of thioether (sulfide) groups is 1. The Morgan fingerprint density at radius 3 is 2.82 bits per heavy atom. The van der Waals surface area contributed by atoms with E-state index < -0.39 is 0 Å². The molecule has 3 aromatic rings. The van der Waals surface area contributed by atoms with Gasteiger partial charge >= 0.3 is 0 Å². The maximum Gasteiger partial charge on any atom is 0.267 e. The number of rotatable bonds is 7. The van der Waals surface area contributed by atoms with Crippen molar-refractivity contribution in [1.82, 2.24) is 4.90 Å². The van der Waals surface area contributed by atoms with E-state index in [4.69, 9.17) is 9.15 Å². The summed E-state index contributed by atoms with van der Waals surface area (Å²) in [5.74, 6) is 0.903. The second-order valence-electron chi connectivity index (χ2n) is 6.92. The number of benzene rings is 2. The van der Waals surface area contributed by atoms with E-state index in [0.717, 1.165) is 10.0 Å². The van der Waals surface area contributed by atoms with Gasteiger partial charge in [0.15, 0.2) is 16.7 Å². The highest BCUT2D eigenvalue weighted by atomic mass is 79.9. The molecule has 33 heavy (non-hydrogen) atoms. The van der Waals surface area contributed by atoms with E-state index in [1.54, 1.807) is 36.7 Å². The van der Waals surface area contributed by atoms with Crippen LogP contribution in [-0.4, -0.2) is 33.9 Å². The van der Waals surface area contributed by atoms with Crippen molar-refractivity contribution in [3.05, 3.63) is 87.1 Å². The highest BCUT2D eigenvalue weighted by molar-refractivity contribution is 9.10. The summed E-state index contributed by atoms with van der Waals surface area (Å²) in [7, 11) is 0. The van der Waals surface area contributed by atoms with Crippen LogP contribution in [-0.2, 0) is 11.3 Å². The van der Waals surface area contributed by atoms with Crippen molar-refractivity contribution in [2.45, 2.75) is 13.5 Å². The third-order valence-electron chi connectivity index (χ3n) is 4.56. The van der Waals surface area contributed by atoms with Gasteiger partial charge < -0.3 is 14.3 Å². The van der Waals surface area contributed by atoms with Crippen molar-refractivity contribution in [2.75, 3.05) is 6.61 Å². The number of carbonyl (C=O) groups is 1. The summed E-state index contributed by atoms with van der Waals surface area (Å²) >= 11 is 4.70. The number of nitrogens with zero attached hydrogens (tertiary/aromatic N) is 3. The topological polar surface area (TPSA) is 87.6 Å². The molecule has 0 spiro atoms. The van der Waals surface area contributed by atoms with E-state index >= 15 is 0 Å². The standard InChI is InChI=1S/C24H20BrN3O4S/c1-2-31-21-12-17(8-9-20(21)29)14-26-27-24-28(15-19-7-4-10-32-19)23(30)22(33-24)13-16-5-3-6-18(25)11-16/h3-14,29H,2,15H2,1H3/b22-13-,26-14+,27-24-. The Balaban J connectivity index is 1.61. The summed E-state index contributed by atoms with van der Waals surface area (Å²) in [4.78, 5) is 15.2. The van der Waals surface area contributed by atoms with Crippen LogP contribution in [0.3, 0.4) is 0 Å². The molecule has 1 saturated heterocycles. The minimum absolute atomic E-state index is 0.0595. The molecule has 0 atom stereocenters. The molecule has 1 amide bonds. The second-order valence-corrected chi connectivity index (χ2v) is 8.85. The number of ether oxygens (including phenoxy) is 1. The highest BCUT2D eigenvalue weighted by Crippen LogP contribution is 2.34. The molecule has 0 aliphatic carbocycles. The van der Waals surface area contributed by atoms with Crippen LogP contribution in [0, 0.1) is 0 Å². The van der Waals surface area contributed by atoms with Crippen LogP contribution >= 0.6 is 27.7 Å². The lowest BCUT2D eigenvalue weighted by molar-refractivity contribution is -0.122. The number of hydrogen-bond donors (Lipinski definition) is 1. The minimum Gasteiger partial charge on any atom is -0.504 e. The molecule has 7 nitrogen and oxygen atoms in total. The largest absolute Gasteiger partial charge is 0.504 e. The van der Waals surface area contributed by atoms with Crippen molar-refractivity contribution in [1.29, 1.82) is 0 Å². The molecule has 9 heteroatoms. The Hall–Kier alpha value is -3.30. The van der Waals surface area contributed by atoms with E-state index in [9.17, 15) is 9.90 Å². The van der Waals surface area contributed by atoms with Crippen molar-refractivity contribution < 1.29 is 19.1 Å². The van der Waals surface area contributed by atoms with Gasteiger partial charge in [-0.15, -0.1) is 5.10 Å². The first-order valence-corrected chi connectivity index (χ1v) is 11.7. The predicted molar refractivity (Wildman–Crippen MR) is 133 cm³/mol. The molecule has 0 saturated carbocycles. The monoisotopic (exact) mass is 525 g/mol. The molecule has 1 aliphatic rings. The first-order chi connectivity index (χ1) is 16.0. The number of carbonyl (C=O) groups excluding carboxylic acids is 1. The van der Waals surface area contributed by atoms with Crippen molar-refractivity contribution >= 4 is 51.1 Å². The van der Waals surface area contributed by atoms with Crippen LogP contribution in [0.15, 0.2) is 84.9 Å². The number of hydrogen-bond acceptors (Lipinski definition) is 7. The molecule has 168 valence electrons. The lowest BCUT2D eigenvalue weighted by Crippen LogP contribution is -2.28. The van der Waals surface area contributed by atoms with Gasteiger partial charge in [0.25, 0.3) is 5.91 Å². The average Bonchev–Trinajstić information content (AvgIpc) is 3.41. The molecule has 1 aromatic heterocycles. The van der Waals surface area contributed by atoms with Gasteiger partial charge in [0.1, 0.15) is 5.76 Å². The third-order valence-corrected chi connectivity index (χ3v) is 6.05. The molecule has 0 bridgehead atoms. The summed E-state index contributed by atoms with van der Waals surface area (Å²) in [6, 6.07) is 16.2. The van der Waals surface area contributed by atoms with Crippen LogP contribution in [0.4, 0.5) is 0 Å². The lowest BCUT2D eigenvalue weighted by Gasteiger charge is -2.12. The Kier molecular flexibility index (Phi) is 7.31. The predicted octanol–water partition coefficient (Wildman–Crippen LogP) is 5.65. The molecule has 2 heterocycles. The van der Waals surface area contributed by atoms with E-state index in [1.807, 2.05) is 37.3 Å². The van der Waals surface area contributed by atoms with Crippen LogP contribution < -0.4 is 4.74 Å². The van der Waals surface area contributed by atoms with Crippen LogP contribution in [0.5, 0.6) is 11.5 Å². The molecule has 0 unspecified atom stereocenters. The van der Waals surface area contributed by atoms with E-state index in [0.29, 0.717) is 33.8 Å². The van der Waals surface area contributed by atoms with Gasteiger partial charge in [-0.3, -0.25) is 9.69 Å². The average molecular weight is 526 g/mol. The van der Waals surface area contributed by atoms with Gasteiger partial charge in [0.2, 0.25) is 0 Å². The zero-order chi connectivity index (χ0) is 23.2. The lowest BCUT2D eigenvalue weighted by atomic mass is 10.2. The normalized spacial score (nSPS) is 16.4. The van der Waals surface area contributed by atoms with Gasteiger partial charge in [0.05, 0.1) is 30.5 Å². The number of halogens is 1. The smallest absolute Gasteiger partial charge is 0.267 e. The minimum atomic E-state index is -0.173. The van der Waals surface area contributed by atoms with Gasteiger partial charge in [-0.1, -0.05) is 28.1 Å². The van der Waals surface area contributed by atoms with Gasteiger partial charge in [-0.2, -0.15) is 5.10 Å². The Morgan fingerprint density at radius 2 is 2.06 bits per heavy atom. The fourth-order valence-electron chi connectivity index (χ4n) is 3.06. The molecular formula is C24H20BrN3O4S. The highest BCUT2D eigenvalue weighted by Gasteiger charge is 2.34. The van der Waals surface area contributed by atoms with Crippen molar-refractivity contribution in [3.8, 4) is 11.5 Å². The summed E-state index contributed by atoms with van der Waals surface area (Å²) < 4.78 is 11.8. The zero-order valence-electron chi connectivity index (χ0n) is 17.6. The number of aromatic hydroxyl groups is 1. The van der Waals surface area contributed by atoms with Crippen molar-refractivity contribution in [3.63, 3.8) is 0 Å². The summed E-state index contributed by atoms with van der Waals surface area (Å²) in [5.41, 5.74) is 1.60. The SMILES string of the molecule is CCOc1cc(/C=N/N=C2\S/C(=C\c3cccc(Br)c3)C(=O)N2Cc2ccco2)ccc1O. The third kappa shape index (κ3) is 5.74. The summed E-state index contributed by atoms with van der Waals surface area (Å²) in [6.07, 6.45) is 4.94. The van der Waals surface area contributed by atoms with Crippen LogP contribution in [0.25, 0.3) is 6.08 Å². The molecule has 1 fully saturated rings. The first kappa shape index (κ1) is 22.9.